The van der Waals surface area contributed by atoms with Gasteiger partial charge >= 0.3 is 23.9 Å². The van der Waals surface area contributed by atoms with Gasteiger partial charge in [0.2, 0.25) is 112 Å². The van der Waals surface area contributed by atoms with Crippen LogP contribution in [-0.2, 0) is 110 Å². The second-order valence-electron chi connectivity index (χ2n) is 37.2. The third-order valence-electron chi connectivity index (χ3n) is 22.4. The highest BCUT2D eigenvalue weighted by molar-refractivity contribution is 6.03. The molecule has 0 aromatic rings. The summed E-state index contributed by atoms with van der Waals surface area (Å²) in [7, 11) is 0. The van der Waals surface area contributed by atoms with Crippen LogP contribution in [0.1, 0.15) is 247 Å². The quantitative estimate of drug-likeness (QED) is 0.0253. The Morgan fingerprint density at radius 3 is 0.892 bits per heavy atom. The summed E-state index contributed by atoms with van der Waals surface area (Å²) in [6, 6.07) is -28.0. The van der Waals surface area contributed by atoms with E-state index in [0.717, 1.165) is 13.8 Å². The topological polar surface area (TPSA) is 823 Å². The molecule has 50 heteroatoms. The Bertz CT molecular complexity index is 4150. The normalized spacial score (nSPS) is 15.9. The number of carboxylic acid groups (broad SMARTS) is 4. The Balaban J connectivity index is 7.18. The molecule has 0 fully saturated rings. The van der Waals surface area contributed by atoms with Gasteiger partial charge in [0.1, 0.15) is 96.7 Å². The minimum absolute atomic E-state index is 0.0157. The van der Waals surface area contributed by atoms with Crippen molar-refractivity contribution in [3.8, 4) is 0 Å². The molecule has 0 saturated carbocycles. The number of amides is 19. The maximum absolute atomic E-state index is 14.6. The van der Waals surface area contributed by atoms with E-state index in [-0.39, 0.29) is 88.0 Å². The molecule has 790 valence electrons. The molecule has 0 aromatic heterocycles. The number of carbonyl (C=O) groups is 23. The van der Waals surface area contributed by atoms with E-state index in [1.807, 2.05) is 0 Å². The first-order chi connectivity index (χ1) is 64.7. The predicted molar refractivity (Wildman–Crippen MR) is 501 cm³/mol. The maximum atomic E-state index is 14.6. The lowest BCUT2D eigenvalue weighted by Crippen LogP contribution is -2.63. The lowest BCUT2D eigenvalue weighted by atomic mass is 9.94. The third kappa shape index (κ3) is 49.7. The van der Waals surface area contributed by atoms with Crippen molar-refractivity contribution in [3.63, 3.8) is 0 Å². The number of primary amides is 2. The molecule has 0 spiro atoms. The molecular weight excluding hydrogens is 1830 g/mol. The van der Waals surface area contributed by atoms with Gasteiger partial charge in [0.05, 0.1) is 38.1 Å². The van der Waals surface area contributed by atoms with Crippen LogP contribution < -0.4 is 113 Å². The van der Waals surface area contributed by atoms with E-state index in [9.17, 15) is 141 Å². The maximum Gasteiger partial charge on any atom is 0.326 e. The van der Waals surface area contributed by atoms with E-state index < -0.39 is 333 Å². The number of carboxylic acids is 4. The van der Waals surface area contributed by atoms with Crippen molar-refractivity contribution in [3.05, 3.63) is 0 Å². The van der Waals surface area contributed by atoms with Crippen molar-refractivity contribution >= 4 is 136 Å². The first kappa shape index (κ1) is 127. The van der Waals surface area contributed by atoms with Crippen LogP contribution in [0.5, 0.6) is 0 Å². The number of aliphatic carboxylic acids is 4. The molecule has 0 aromatic carbocycles. The van der Waals surface area contributed by atoms with E-state index in [1.165, 1.54) is 6.92 Å². The molecule has 0 rings (SSSR count). The van der Waals surface area contributed by atoms with Gasteiger partial charge in [0.25, 0.3) is 0 Å². The fourth-order valence-corrected chi connectivity index (χ4v) is 14.0. The van der Waals surface area contributed by atoms with Crippen LogP contribution >= 0.6 is 0 Å². The second kappa shape index (κ2) is 64.7. The largest absolute Gasteiger partial charge is 0.481 e. The van der Waals surface area contributed by atoms with Crippen LogP contribution in [0.2, 0.25) is 0 Å². The van der Waals surface area contributed by atoms with Crippen LogP contribution in [0.15, 0.2) is 0 Å². The van der Waals surface area contributed by atoms with Crippen LogP contribution in [0.4, 0.5) is 0 Å². The average molecular weight is 1980 g/mol. The molecule has 50 nitrogen and oxygen atoms in total. The molecule has 0 radical (unpaired) electrons. The van der Waals surface area contributed by atoms with Crippen molar-refractivity contribution in [2.24, 2.45) is 70.3 Å². The molecule has 0 aliphatic rings. The van der Waals surface area contributed by atoms with Gasteiger partial charge in [0.15, 0.2) is 0 Å². The standard InChI is InChI=1S/C89H155N21O29/c1-19-46(14)69(85(134)99-52(24-22-23-31-90)75(124)94-39-65(115)96-61(89(138)139)36-45(12)13)107-83(132)58(35-44(10)11)103-80(129)56(33-42(6)7)101-77(126)53(25-28-66(116)117)97-76(125)55(27-30-68(120)121)100-88(137)72(50(18)112)110-73(122)49(17)95-79(128)59(37-63(92)113)104-81(130)60(38-64(93)114)105-86(135)70(47(15)20-2)109-87(136)71(48(16)21-3)108-82(131)57(34-43(8)9)102-78(127)54(26-29-67(118)119)98-84(133)62(40-111)106-74(123)51(91)32-41(4)5/h41-62,69-72,111-112H,19-40,90-91H2,1-18H3,(H2,92,113)(H2,93,114)(H,94,124)(H,95,128)(H,96,115)(H,97,125)(H,98,133)(H,99,134)(H,100,137)(H,101,126)(H,102,127)(H,103,129)(H,104,130)(H,105,135)(H,106,123)(H,107,132)(H,108,131)(H,109,136)(H,110,122)(H,116,117)(H,118,119)(H,120,121)(H,138,139)/t46-,47?,48-,49-,50+,51-,52-,53-,54-,55-,56-,57-,58-,59-,60-,61-,62-,69-,70-,71-,72-/m0/s1. The van der Waals surface area contributed by atoms with Crippen molar-refractivity contribution in [1.82, 2.24) is 90.4 Å². The number of aliphatic hydroxyl groups excluding tert-OH is 2. The summed E-state index contributed by atoms with van der Waals surface area (Å²) in [5, 5.41) is 101. The fraction of sp³-hybridized carbons (Fsp3) is 0.742. The fourth-order valence-electron chi connectivity index (χ4n) is 14.0. The van der Waals surface area contributed by atoms with Crippen LogP contribution in [0.25, 0.3) is 0 Å². The van der Waals surface area contributed by atoms with Crippen molar-refractivity contribution in [2.45, 2.75) is 355 Å². The number of aliphatic hydroxyl groups is 2. The van der Waals surface area contributed by atoms with Crippen molar-refractivity contribution in [1.29, 1.82) is 0 Å². The smallest absolute Gasteiger partial charge is 0.326 e. The molecule has 0 aliphatic carbocycles. The minimum Gasteiger partial charge on any atom is -0.481 e. The van der Waals surface area contributed by atoms with Crippen molar-refractivity contribution in [2.75, 3.05) is 19.7 Å². The van der Waals surface area contributed by atoms with Gasteiger partial charge in [-0.3, -0.25) is 105 Å². The minimum atomic E-state index is -2.12. The summed E-state index contributed by atoms with van der Waals surface area (Å²) in [6.07, 6.45) is -7.26. The number of nitrogens with two attached hydrogens (primary N) is 4. The highest BCUT2D eigenvalue weighted by Gasteiger charge is 2.42. The van der Waals surface area contributed by atoms with Crippen LogP contribution in [0, 0.1) is 47.3 Å². The summed E-state index contributed by atoms with van der Waals surface area (Å²) in [6.45, 7) is 27.4. The zero-order valence-corrected chi connectivity index (χ0v) is 82.9. The zero-order valence-electron chi connectivity index (χ0n) is 82.9. The Morgan fingerprint density at radius 2 is 0.561 bits per heavy atom. The van der Waals surface area contributed by atoms with E-state index in [2.05, 4.69) is 90.4 Å². The lowest BCUT2D eigenvalue weighted by molar-refractivity contribution is -0.142. The summed E-state index contributed by atoms with van der Waals surface area (Å²) >= 11 is 0. The Kier molecular flexibility index (Phi) is 59.0. The molecule has 0 heterocycles. The summed E-state index contributed by atoms with van der Waals surface area (Å²) in [5.41, 5.74) is 22.7. The first-order valence-electron chi connectivity index (χ1n) is 47.0. The molecule has 1 unspecified atom stereocenters. The summed E-state index contributed by atoms with van der Waals surface area (Å²) in [5.74, 6) is -30.3. The van der Waals surface area contributed by atoms with Gasteiger partial charge in [0, 0.05) is 19.3 Å². The van der Waals surface area contributed by atoms with E-state index >= 15 is 0 Å². The number of carbonyl (C=O) groups excluding carboxylic acids is 19. The van der Waals surface area contributed by atoms with Gasteiger partial charge < -0.3 is 144 Å². The van der Waals surface area contributed by atoms with E-state index in [4.69, 9.17) is 22.9 Å². The molecule has 0 saturated heterocycles. The number of nitrogens with one attached hydrogen (secondary N) is 17. The Hall–Kier alpha value is -12.3. The molecule has 0 bridgehead atoms. The first-order valence-corrected chi connectivity index (χ1v) is 47.0. The van der Waals surface area contributed by atoms with E-state index in [0.29, 0.717) is 12.8 Å². The average Bonchev–Trinajstić information content (AvgIpc) is 0.975. The highest BCUT2D eigenvalue weighted by Crippen LogP contribution is 2.20. The summed E-state index contributed by atoms with van der Waals surface area (Å²) in [4.78, 5) is 312. The second-order valence-corrected chi connectivity index (χ2v) is 37.2. The van der Waals surface area contributed by atoms with Gasteiger partial charge in [-0.2, -0.15) is 0 Å². The van der Waals surface area contributed by atoms with Gasteiger partial charge in [-0.15, -0.1) is 0 Å². The van der Waals surface area contributed by atoms with Gasteiger partial charge in [-0.25, -0.2) is 4.79 Å². The number of unbranched alkanes of at least 4 members (excludes halogenated alkanes) is 1. The highest BCUT2D eigenvalue weighted by atomic mass is 16.4. The molecule has 0 aliphatic heterocycles. The number of hydrogen-bond acceptors (Lipinski definition) is 27. The molecule has 19 amide bonds. The van der Waals surface area contributed by atoms with Crippen LogP contribution in [0.3, 0.4) is 0 Å². The molecule has 21 atom stereocenters. The monoisotopic (exact) mass is 1980 g/mol. The third-order valence-corrected chi connectivity index (χ3v) is 22.4. The SMILES string of the molecule is CCC(C)[C@H](NC(=O)[C@@H](NC(=O)[C@H](CC(C)C)NC(=O)[C@H](CCC(=O)O)NC(=O)[C@H](CO)NC(=O)[C@@H](N)CC(C)C)[C@@H](C)CC)C(=O)N[C@@H](CC(N)=O)C(=O)N[C@@H](CC(N)=O)C(=O)N[C@@H](C)C(=O)N[C@H](C(=O)N[C@@H](CCC(=O)O)C(=O)N[C@@H](CCC(=O)O)C(=O)N[C@@H](CC(C)C)C(=O)N[C@@H](CC(C)C)C(=O)N[C@H](C(=O)N[C@@H](CCCCN)C(=O)NCC(=O)N[C@@H](CC(C)C)C(=O)O)[C@@H](C)CC)[C@@H](C)O. The number of hydrogen-bond donors (Lipinski definition) is 27. The Morgan fingerprint density at radius 1 is 0.288 bits per heavy atom. The van der Waals surface area contributed by atoms with E-state index in [1.54, 1.807) is 104 Å². The molecule has 139 heavy (non-hydrogen) atoms. The lowest BCUT2D eigenvalue weighted by Gasteiger charge is -2.31. The molecular formula is C89H155N21O29. The van der Waals surface area contributed by atoms with Gasteiger partial charge in [-0.1, -0.05) is 130 Å². The van der Waals surface area contributed by atoms with Crippen molar-refractivity contribution < 1.29 is 141 Å². The van der Waals surface area contributed by atoms with Crippen LogP contribution in [-0.4, -0.2) is 295 Å². The Labute approximate surface area is 809 Å². The summed E-state index contributed by atoms with van der Waals surface area (Å²) < 4.78 is 0. The van der Waals surface area contributed by atoms with Gasteiger partial charge in [-0.05, 0) is 138 Å². The zero-order chi connectivity index (χ0) is 107. The number of rotatable bonds is 70. The predicted octanol–water partition coefficient (Wildman–Crippen LogP) is -5.49. The molecule has 31 N–H and O–H groups in total.